The molecule has 0 aliphatic heterocycles. The lowest BCUT2D eigenvalue weighted by atomic mass is 9.86. The van der Waals surface area contributed by atoms with Gasteiger partial charge in [-0.2, -0.15) is 0 Å². The number of aromatic nitrogens is 3. The zero-order valence-electron chi connectivity index (χ0n) is 19.4. The molecule has 2 heterocycles. The van der Waals surface area contributed by atoms with Crippen LogP contribution in [0.2, 0.25) is 0 Å². The summed E-state index contributed by atoms with van der Waals surface area (Å²) >= 11 is 0. The molecule has 3 aromatic rings. The molecule has 33 heavy (non-hydrogen) atoms. The van der Waals surface area contributed by atoms with Crippen molar-refractivity contribution in [2.45, 2.75) is 46.5 Å². The second kappa shape index (κ2) is 9.36. The number of rotatable bonds is 6. The Hall–Kier alpha value is -3.81. The summed E-state index contributed by atoms with van der Waals surface area (Å²) in [6.45, 7) is 9.41. The van der Waals surface area contributed by atoms with Gasteiger partial charge in [-0.15, -0.1) is 0 Å². The third kappa shape index (κ3) is 5.71. The van der Waals surface area contributed by atoms with Crippen LogP contribution in [0.1, 0.15) is 59.6 Å². The van der Waals surface area contributed by atoms with E-state index in [2.05, 4.69) is 60.3 Å². The smallest absolute Gasteiger partial charge is 0.322 e. The number of carboxylic acids is 1. The number of aryl methyl sites for hydroxylation is 2. The van der Waals surface area contributed by atoms with Gasteiger partial charge in [-0.3, -0.25) is 14.6 Å². The van der Waals surface area contributed by atoms with E-state index in [1.807, 2.05) is 19.1 Å². The predicted molar refractivity (Wildman–Crippen MR) is 124 cm³/mol. The topological polar surface area (TPSA) is 125 Å². The minimum absolute atomic E-state index is 0.0807. The first-order valence-electron chi connectivity index (χ1n) is 10.6. The predicted octanol–water partition coefficient (Wildman–Crippen LogP) is 3.56. The fourth-order valence-corrected chi connectivity index (χ4v) is 3.35. The van der Waals surface area contributed by atoms with Crippen LogP contribution in [0.4, 0.5) is 0 Å². The molecule has 0 radical (unpaired) electrons. The minimum atomic E-state index is -1.19. The highest BCUT2D eigenvalue weighted by Gasteiger charge is 2.19. The average molecular weight is 449 g/mol. The van der Waals surface area contributed by atoms with Crippen molar-refractivity contribution in [1.82, 2.24) is 20.3 Å². The van der Waals surface area contributed by atoms with Gasteiger partial charge in [-0.25, -0.2) is 9.97 Å². The summed E-state index contributed by atoms with van der Waals surface area (Å²) in [5.41, 5.74) is 4.88. The summed E-state index contributed by atoms with van der Waals surface area (Å²) in [4.78, 5) is 36.1. The lowest BCUT2D eigenvalue weighted by molar-refractivity contribution is -0.135. The van der Waals surface area contributed by atoms with Gasteiger partial charge in [0.1, 0.15) is 12.4 Å². The van der Waals surface area contributed by atoms with Crippen LogP contribution in [0.5, 0.6) is 5.75 Å². The SMILES string of the molecule is Cc1nc(-c2ccc(C(C)(C)C)cc2)ccc1Cc1nc(C)c(O)c(C(=O)NCC(=O)O)n1. The number of carboxylic acid groups (broad SMARTS) is 1. The van der Waals surface area contributed by atoms with Gasteiger partial charge in [-0.05, 0) is 36.5 Å². The normalized spacial score (nSPS) is 11.3. The molecule has 0 atom stereocenters. The highest BCUT2D eigenvalue weighted by Crippen LogP contribution is 2.26. The van der Waals surface area contributed by atoms with Gasteiger partial charge in [0, 0.05) is 17.7 Å². The number of carbonyl (C=O) groups excluding carboxylic acids is 1. The maximum atomic E-state index is 12.2. The van der Waals surface area contributed by atoms with Crippen molar-refractivity contribution in [2.75, 3.05) is 6.54 Å². The van der Waals surface area contributed by atoms with Gasteiger partial charge in [0.15, 0.2) is 11.4 Å². The van der Waals surface area contributed by atoms with Gasteiger partial charge in [-0.1, -0.05) is 51.1 Å². The quantitative estimate of drug-likeness (QED) is 0.526. The van der Waals surface area contributed by atoms with Crippen molar-refractivity contribution < 1.29 is 19.8 Å². The van der Waals surface area contributed by atoms with Crippen LogP contribution in [0.3, 0.4) is 0 Å². The van der Waals surface area contributed by atoms with Crippen LogP contribution in [-0.4, -0.2) is 43.6 Å². The Morgan fingerprint density at radius 2 is 1.61 bits per heavy atom. The molecular weight excluding hydrogens is 420 g/mol. The number of nitrogens with one attached hydrogen (secondary N) is 1. The molecule has 8 nitrogen and oxygen atoms in total. The van der Waals surface area contributed by atoms with Crippen molar-refractivity contribution in [3.05, 3.63) is 70.4 Å². The maximum absolute atomic E-state index is 12.2. The minimum Gasteiger partial charge on any atom is -0.504 e. The zero-order valence-corrected chi connectivity index (χ0v) is 19.4. The fourth-order valence-electron chi connectivity index (χ4n) is 3.35. The number of hydrogen-bond acceptors (Lipinski definition) is 6. The van der Waals surface area contributed by atoms with Gasteiger partial charge >= 0.3 is 5.97 Å². The number of aliphatic carboxylic acids is 1. The van der Waals surface area contributed by atoms with Crippen LogP contribution in [0.25, 0.3) is 11.3 Å². The van der Waals surface area contributed by atoms with E-state index in [1.54, 1.807) is 6.92 Å². The van der Waals surface area contributed by atoms with E-state index in [4.69, 9.17) is 10.1 Å². The molecule has 0 unspecified atom stereocenters. The second-order valence-electron chi connectivity index (χ2n) is 8.94. The molecule has 1 aromatic carbocycles. The summed E-state index contributed by atoms with van der Waals surface area (Å²) in [6, 6.07) is 12.2. The van der Waals surface area contributed by atoms with Crippen molar-refractivity contribution in [3.63, 3.8) is 0 Å². The van der Waals surface area contributed by atoms with Crippen molar-refractivity contribution in [3.8, 4) is 17.0 Å². The van der Waals surface area contributed by atoms with E-state index in [1.165, 1.54) is 5.56 Å². The van der Waals surface area contributed by atoms with Gasteiger partial charge in [0.25, 0.3) is 5.91 Å². The molecule has 2 aromatic heterocycles. The number of carbonyl (C=O) groups is 2. The second-order valence-corrected chi connectivity index (χ2v) is 8.94. The average Bonchev–Trinajstić information content (AvgIpc) is 2.75. The highest BCUT2D eigenvalue weighted by atomic mass is 16.4. The number of aromatic hydroxyl groups is 1. The number of hydrogen-bond donors (Lipinski definition) is 3. The van der Waals surface area contributed by atoms with Gasteiger partial charge < -0.3 is 15.5 Å². The third-order valence-corrected chi connectivity index (χ3v) is 5.31. The first-order valence-corrected chi connectivity index (χ1v) is 10.6. The Balaban J connectivity index is 1.84. The summed E-state index contributed by atoms with van der Waals surface area (Å²) in [5.74, 6) is -2.00. The van der Waals surface area contributed by atoms with Crippen LogP contribution >= 0.6 is 0 Å². The molecule has 1 amide bonds. The molecule has 3 N–H and O–H groups in total. The molecule has 0 aliphatic carbocycles. The maximum Gasteiger partial charge on any atom is 0.322 e. The van der Waals surface area contributed by atoms with Crippen LogP contribution in [0.15, 0.2) is 36.4 Å². The molecule has 0 spiro atoms. The monoisotopic (exact) mass is 448 g/mol. The molecule has 3 rings (SSSR count). The molecular formula is C25H28N4O4. The van der Waals surface area contributed by atoms with E-state index in [0.29, 0.717) is 12.2 Å². The number of pyridine rings is 1. The van der Waals surface area contributed by atoms with Crippen LogP contribution < -0.4 is 5.32 Å². The van der Waals surface area contributed by atoms with E-state index in [0.717, 1.165) is 22.5 Å². The lowest BCUT2D eigenvalue weighted by Gasteiger charge is -2.19. The summed E-state index contributed by atoms with van der Waals surface area (Å²) in [7, 11) is 0. The Labute approximate surface area is 192 Å². The molecule has 0 aliphatic rings. The Morgan fingerprint density at radius 3 is 2.18 bits per heavy atom. The van der Waals surface area contributed by atoms with Crippen molar-refractivity contribution in [2.24, 2.45) is 0 Å². The Morgan fingerprint density at radius 1 is 0.939 bits per heavy atom. The number of amides is 1. The summed E-state index contributed by atoms with van der Waals surface area (Å²) in [6.07, 6.45) is 0.308. The van der Waals surface area contributed by atoms with E-state index in [9.17, 15) is 14.7 Å². The Bertz CT molecular complexity index is 1200. The van der Waals surface area contributed by atoms with Gasteiger partial charge in [0.2, 0.25) is 0 Å². The number of benzene rings is 1. The van der Waals surface area contributed by atoms with E-state index < -0.39 is 18.4 Å². The van der Waals surface area contributed by atoms with E-state index >= 15 is 0 Å². The van der Waals surface area contributed by atoms with E-state index in [-0.39, 0.29) is 22.6 Å². The lowest BCUT2D eigenvalue weighted by Crippen LogP contribution is -2.30. The molecule has 0 saturated heterocycles. The highest BCUT2D eigenvalue weighted by molar-refractivity contribution is 5.96. The molecule has 8 heteroatoms. The van der Waals surface area contributed by atoms with Crippen molar-refractivity contribution >= 4 is 11.9 Å². The molecule has 0 fully saturated rings. The standard InChI is InChI=1S/C25H28N4O4/c1-14-17(8-11-19(27-14)16-6-9-18(10-7-16)25(3,4)5)12-20-28-15(2)23(32)22(29-20)24(33)26-13-21(30)31/h6-11,32H,12-13H2,1-5H3,(H,26,33)(H,30,31). The van der Waals surface area contributed by atoms with Crippen LogP contribution in [-0.2, 0) is 16.6 Å². The first-order chi connectivity index (χ1) is 15.5. The molecule has 172 valence electrons. The largest absolute Gasteiger partial charge is 0.504 e. The number of nitrogens with zero attached hydrogens (tertiary/aromatic N) is 3. The van der Waals surface area contributed by atoms with Gasteiger partial charge in [0.05, 0.1) is 11.4 Å². The fraction of sp³-hybridized carbons (Fsp3) is 0.320. The first kappa shape index (κ1) is 23.8. The summed E-state index contributed by atoms with van der Waals surface area (Å²) in [5, 5.41) is 21.1. The summed E-state index contributed by atoms with van der Waals surface area (Å²) < 4.78 is 0. The molecule has 0 bridgehead atoms. The van der Waals surface area contributed by atoms with Crippen molar-refractivity contribution in [1.29, 1.82) is 0 Å². The zero-order chi connectivity index (χ0) is 24.3. The Kier molecular flexibility index (Phi) is 6.76. The molecule has 0 saturated carbocycles. The third-order valence-electron chi connectivity index (χ3n) is 5.31. The van der Waals surface area contributed by atoms with Crippen LogP contribution in [0, 0.1) is 13.8 Å².